The Labute approximate surface area is 103 Å². The third-order valence-corrected chi connectivity index (χ3v) is 3.83. The van der Waals surface area contributed by atoms with Crippen molar-refractivity contribution in [1.29, 1.82) is 0 Å². The van der Waals surface area contributed by atoms with Crippen molar-refractivity contribution in [2.45, 2.75) is 58.2 Å². The van der Waals surface area contributed by atoms with Crippen LogP contribution >= 0.6 is 0 Å². The molecule has 1 aliphatic carbocycles. The molecular formula is C14H23NO2. The lowest BCUT2D eigenvalue weighted by Gasteiger charge is -2.28. The van der Waals surface area contributed by atoms with E-state index in [1.54, 1.807) is 0 Å². The Morgan fingerprint density at radius 3 is 2.65 bits per heavy atom. The minimum Gasteiger partial charge on any atom is -0.462 e. The van der Waals surface area contributed by atoms with E-state index in [9.17, 15) is 0 Å². The maximum Gasteiger partial charge on any atom is 0.129 e. The first kappa shape index (κ1) is 12.7. The predicted molar refractivity (Wildman–Crippen MR) is 67.5 cm³/mol. The summed E-state index contributed by atoms with van der Waals surface area (Å²) in [5, 5.41) is 12.4. The van der Waals surface area contributed by atoms with Crippen LogP contribution in [-0.2, 0) is 13.2 Å². The van der Waals surface area contributed by atoms with Crippen molar-refractivity contribution in [1.82, 2.24) is 5.32 Å². The fourth-order valence-corrected chi connectivity index (χ4v) is 2.66. The summed E-state index contributed by atoms with van der Waals surface area (Å²) >= 11 is 0. The molecule has 0 amide bonds. The molecule has 0 bridgehead atoms. The molecule has 1 aliphatic rings. The van der Waals surface area contributed by atoms with Crippen LogP contribution in [0, 0.1) is 5.92 Å². The third-order valence-electron chi connectivity index (χ3n) is 3.83. The zero-order valence-corrected chi connectivity index (χ0v) is 10.6. The van der Waals surface area contributed by atoms with Crippen molar-refractivity contribution in [3.63, 3.8) is 0 Å². The van der Waals surface area contributed by atoms with E-state index in [-0.39, 0.29) is 6.61 Å². The van der Waals surface area contributed by atoms with Gasteiger partial charge in [0.05, 0.1) is 6.54 Å². The number of hydrogen-bond acceptors (Lipinski definition) is 3. The molecule has 1 aromatic heterocycles. The zero-order valence-electron chi connectivity index (χ0n) is 10.6. The molecule has 0 saturated heterocycles. The second kappa shape index (κ2) is 6.22. The highest BCUT2D eigenvalue weighted by Gasteiger charge is 2.19. The minimum absolute atomic E-state index is 0.0157. The molecule has 17 heavy (non-hydrogen) atoms. The van der Waals surface area contributed by atoms with Gasteiger partial charge < -0.3 is 14.8 Å². The van der Waals surface area contributed by atoms with Crippen molar-refractivity contribution in [2.75, 3.05) is 0 Å². The maximum absolute atomic E-state index is 8.92. The molecular weight excluding hydrogens is 214 g/mol. The second-order valence-corrected chi connectivity index (χ2v) is 5.09. The largest absolute Gasteiger partial charge is 0.462 e. The lowest BCUT2D eigenvalue weighted by atomic mass is 9.84. The number of aliphatic hydroxyl groups is 1. The Kier molecular flexibility index (Phi) is 4.63. The van der Waals surface area contributed by atoms with Gasteiger partial charge >= 0.3 is 0 Å². The molecule has 3 heteroatoms. The second-order valence-electron chi connectivity index (χ2n) is 5.09. The number of nitrogens with one attached hydrogen (secondary N) is 1. The Morgan fingerprint density at radius 1 is 1.29 bits per heavy atom. The molecule has 96 valence electrons. The first-order valence-electron chi connectivity index (χ1n) is 6.71. The van der Waals surface area contributed by atoms with E-state index in [1.165, 1.54) is 32.1 Å². The normalized spacial score (nSPS) is 19.4. The van der Waals surface area contributed by atoms with E-state index < -0.39 is 0 Å². The molecule has 1 heterocycles. The Bertz CT molecular complexity index is 329. The molecule has 1 aromatic rings. The molecule has 2 rings (SSSR count). The van der Waals surface area contributed by atoms with Gasteiger partial charge in [-0.05, 0) is 37.8 Å². The van der Waals surface area contributed by atoms with E-state index in [0.717, 1.165) is 18.2 Å². The Hall–Kier alpha value is -0.800. The molecule has 0 spiro atoms. The van der Waals surface area contributed by atoms with Crippen LogP contribution in [0.4, 0.5) is 0 Å². The van der Waals surface area contributed by atoms with Gasteiger partial charge in [-0.2, -0.15) is 0 Å². The van der Waals surface area contributed by atoms with Crippen LogP contribution in [-0.4, -0.2) is 11.1 Å². The fourth-order valence-electron chi connectivity index (χ4n) is 2.66. The number of rotatable bonds is 5. The quantitative estimate of drug-likeness (QED) is 0.827. The van der Waals surface area contributed by atoms with E-state index >= 15 is 0 Å². The van der Waals surface area contributed by atoms with Gasteiger partial charge in [-0.15, -0.1) is 0 Å². The van der Waals surface area contributed by atoms with Crippen LogP contribution in [0.25, 0.3) is 0 Å². The van der Waals surface area contributed by atoms with E-state index in [2.05, 4.69) is 12.2 Å². The molecule has 2 N–H and O–H groups in total. The molecule has 3 nitrogen and oxygen atoms in total. The average molecular weight is 237 g/mol. The first-order valence-corrected chi connectivity index (χ1v) is 6.71. The highest BCUT2D eigenvalue weighted by atomic mass is 16.4. The topological polar surface area (TPSA) is 45.4 Å². The van der Waals surface area contributed by atoms with Crippen LogP contribution < -0.4 is 5.32 Å². The van der Waals surface area contributed by atoms with Crippen molar-refractivity contribution in [2.24, 2.45) is 5.92 Å². The number of furan rings is 1. The third kappa shape index (κ3) is 3.58. The lowest BCUT2D eigenvalue weighted by Crippen LogP contribution is -2.34. The predicted octanol–water partition coefficient (Wildman–Crippen LogP) is 2.83. The standard InChI is InChI=1S/C14H23NO2/c1-11(12-5-3-2-4-6-12)15-9-13-7-8-14(10-16)17-13/h7-8,11-12,15-16H,2-6,9-10H2,1H3/t11-/m1/s1. The minimum atomic E-state index is -0.0157. The maximum atomic E-state index is 8.92. The lowest BCUT2D eigenvalue weighted by molar-refractivity contribution is 0.239. The summed E-state index contributed by atoms with van der Waals surface area (Å²) < 4.78 is 5.46. The molecule has 1 atom stereocenters. The molecule has 1 fully saturated rings. The number of hydrogen-bond donors (Lipinski definition) is 2. The van der Waals surface area contributed by atoms with Gasteiger partial charge in [0.1, 0.15) is 18.1 Å². The summed E-state index contributed by atoms with van der Waals surface area (Å²) in [6, 6.07) is 4.33. The van der Waals surface area contributed by atoms with Crippen molar-refractivity contribution in [3.8, 4) is 0 Å². The van der Waals surface area contributed by atoms with Crippen LogP contribution in [0.2, 0.25) is 0 Å². The molecule has 0 aliphatic heterocycles. The highest BCUT2D eigenvalue weighted by molar-refractivity contribution is 5.06. The zero-order chi connectivity index (χ0) is 12.1. The van der Waals surface area contributed by atoms with Gasteiger partial charge in [0, 0.05) is 6.04 Å². The first-order chi connectivity index (χ1) is 8.29. The van der Waals surface area contributed by atoms with Crippen molar-refractivity contribution in [3.05, 3.63) is 23.7 Å². The van der Waals surface area contributed by atoms with Crippen LogP contribution in [0.1, 0.15) is 50.5 Å². The van der Waals surface area contributed by atoms with Gasteiger partial charge in [0.15, 0.2) is 0 Å². The molecule has 0 aromatic carbocycles. The smallest absolute Gasteiger partial charge is 0.129 e. The van der Waals surface area contributed by atoms with E-state index in [1.807, 2.05) is 12.1 Å². The SMILES string of the molecule is C[C@@H](NCc1ccc(CO)o1)C1CCCCC1. The van der Waals surface area contributed by atoms with E-state index in [0.29, 0.717) is 11.8 Å². The van der Waals surface area contributed by atoms with Gasteiger partial charge in [0.25, 0.3) is 0 Å². The summed E-state index contributed by atoms with van der Waals surface area (Å²) in [5.41, 5.74) is 0. The van der Waals surface area contributed by atoms with Gasteiger partial charge in [-0.3, -0.25) is 0 Å². The molecule has 1 saturated carbocycles. The summed E-state index contributed by atoms with van der Waals surface area (Å²) in [6.07, 6.45) is 6.88. The summed E-state index contributed by atoms with van der Waals surface area (Å²) in [5.74, 6) is 2.37. The van der Waals surface area contributed by atoms with Crippen molar-refractivity contribution >= 4 is 0 Å². The average Bonchev–Trinajstić information content (AvgIpc) is 2.85. The summed E-state index contributed by atoms with van der Waals surface area (Å²) in [4.78, 5) is 0. The Morgan fingerprint density at radius 2 is 2.00 bits per heavy atom. The van der Waals surface area contributed by atoms with Crippen molar-refractivity contribution < 1.29 is 9.52 Å². The molecule has 0 radical (unpaired) electrons. The van der Waals surface area contributed by atoms with Crippen LogP contribution in [0.5, 0.6) is 0 Å². The van der Waals surface area contributed by atoms with Gasteiger partial charge in [0.2, 0.25) is 0 Å². The van der Waals surface area contributed by atoms with Crippen LogP contribution in [0.3, 0.4) is 0 Å². The van der Waals surface area contributed by atoms with E-state index in [4.69, 9.17) is 9.52 Å². The molecule has 0 unspecified atom stereocenters. The van der Waals surface area contributed by atoms with Crippen LogP contribution in [0.15, 0.2) is 16.5 Å². The summed E-state index contributed by atoms with van der Waals surface area (Å²) in [7, 11) is 0. The highest BCUT2D eigenvalue weighted by Crippen LogP contribution is 2.26. The summed E-state index contributed by atoms with van der Waals surface area (Å²) in [6.45, 7) is 3.02. The monoisotopic (exact) mass is 237 g/mol. The fraction of sp³-hybridized carbons (Fsp3) is 0.714. The van der Waals surface area contributed by atoms with Gasteiger partial charge in [-0.25, -0.2) is 0 Å². The Balaban J connectivity index is 1.76. The van der Waals surface area contributed by atoms with Gasteiger partial charge in [-0.1, -0.05) is 19.3 Å². The number of aliphatic hydroxyl groups excluding tert-OH is 1.